The van der Waals surface area contributed by atoms with Gasteiger partial charge in [-0.05, 0) is 47.9 Å². The van der Waals surface area contributed by atoms with Crippen molar-refractivity contribution >= 4 is 21.1 Å². The maximum absolute atomic E-state index is 10.8. The molecule has 154 valence electrons. The molecule has 0 heterocycles. The van der Waals surface area contributed by atoms with Gasteiger partial charge in [-0.2, -0.15) is 0 Å². The van der Waals surface area contributed by atoms with Crippen molar-refractivity contribution < 1.29 is 29.6 Å². The monoisotopic (exact) mass is 456 g/mol. The van der Waals surface area contributed by atoms with Crippen LogP contribution in [0.4, 0.5) is 0 Å². The Hall–Kier alpha value is -0.606. The Morgan fingerprint density at radius 3 is 1.25 bits per heavy atom. The Morgan fingerprint density at radius 1 is 0.714 bits per heavy atom. The van der Waals surface area contributed by atoms with Crippen LogP contribution in [0.25, 0.3) is 0 Å². The molecule has 0 amide bonds. The van der Waals surface area contributed by atoms with E-state index in [-0.39, 0.29) is 18.3 Å². The number of halogens is 1. The first-order chi connectivity index (χ1) is 12.3. The van der Waals surface area contributed by atoms with Crippen molar-refractivity contribution in [2.24, 2.45) is 0 Å². The van der Waals surface area contributed by atoms with Crippen LogP contribution in [0.1, 0.15) is 63.8 Å². The predicted octanol–water partition coefficient (Wildman–Crippen LogP) is 7.60. The summed E-state index contributed by atoms with van der Waals surface area (Å²) in [5, 5.41) is 21.6. The molecule has 2 aromatic carbocycles. The molecule has 0 aliphatic rings. The molecule has 0 aromatic heterocycles. The molecule has 28 heavy (non-hydrogen) atoms. The van der Waals surface area contributed by atoms with Crippen molar-refractivity contribution in [1.82, 2.24) is 0 Å². The van der Waals surface area contributed by atoms with Crippen LogP contribution in [0.3, 0.4) is 0 Å². The molecule has 2 nitrogen and oxygen atoms in total. The zero-order chi connectivity index (χ0) is 21.2. The Labute approximate surface area is 191 Å². The van der Waals surface area contributed by atoms with Crippen molar-refractivity contribution in [2.75, 3.05) is 0 Å². The zero-order valence-corrected chi connectivity index (χ0v) is 21.6. The molecule has 0 spiro atoms. The van der Waals surface area contributed by atoms with Gasteiger partial charge < -0.3 is 17.6 Å². The summed E-state index contributed by atoms with van der Waals surface area (Å²) >= 11 is 2.90. The van der Waals surface area contributed by atoms with Gasteiger partial charge in [-0.15, -0.1) is 0 Å². The van der Waals surface area contributed by atoms with E-state index < -0.39 is 0 Å². The van der Waals surface area contributed by atoms with E-state index in [1.807, 2.05) is 38.1 Å². The van der Waals surface area contributed by atoms with E-state index >= 15 is 0 Å². The van der Waals surface area contributed by atoms with Crippen molar-refractivity contribution in [2.45, 2.75) is 76.0 Å². The number of benzene rings is 2. The third-order valence-electron chi connectivity index (χ3n) is 4.27. The van der Waals surface area contributed by atoms with Gasteiger partial charge in [0.2, 0.25) is 0 Å². The molecule has 0 aliphatic carbocycles. The zero-order valence-electron chi connectivity index (χ0n) is 18.5. The summed E-state index contributed by atoms with van der Waals surface area (Å²) < 4.78 is 0. The number of aromatic hydroxyl groups is 2. The minimum absolute atomic E-state index is 0. The van der Waals surface area contributed by atoms with E-state index in [9.17, 15) is 10.2 Å². The van der Waals surface area contributed by atoms with E-state index in [2.05, 4.69) is 50.8 Å². The van der Waals surface area contributed by atoms with Gasteiger partial charge in [0.15, 0.2) is 0 Å². The van der Waals surface area contributed by atoms with Crippen LogP contribution in [0.2, 0.25) is 0 Å². The SMILES string of the molecule is Cc1cc(Sc2cc(C)cc(C(C)(C)C)c2O)c(O)c(C(C)(C)C)c1.[CH3-].[Cl][Ti+]. The molecule has 0 bridgehead atoms. The van der Waals surface area contributed by atoms with Gasteiger partial charge in [-0.1, -0.05) is 65.4 Å². The molecule has 0 saturated heterocycles. The first-order valence-electron chi connectivity index (χ1n) is 8.85. The number of rotatable bonds is 2. The average Bonchev–Trinajstić information content (AvgIpc) is 2.53. The molecule has 2 N–H and O–H groups in total. The second kappa shape index (κ2) is 10.4. The summed E-state index contributed by atoms with van der Waals surface area (Å²) in [6, 6.07) is 8.04. The fraction of sp³-hybridized carbons (Fsp3) is 0.435. The second-order valence-corrected chi connectivity index (χ2v) is 10.0. The molecular weight excluding hydrogens is 424 g/mol. The molecular formula is C23H33ClO2STi. The van der Waals surface area contributed by atoms with Crippen LogP contribution in [-0.2, 0) is 30.2 Å². The summed E-state index contributed by atoms with van der Waals surface area (Å²) in [5.74, 6) is 0.614. The van der Waals surface area contributed by atoms with Crippen LogP contribution in [0.5, 0.6) is 11.5 Å². The van der Waals surface area contributed by atoms with Gasteiger partial charge in [0.25, 0.3) is 0 Å². The van der Waals surface area contributed by atoms with Gasteiger partial charge in [0.1, 0.15) is 11.5 Å². The van der Waals surface area contributed by atoms with Crippen molar-refractivity contribution in [1.29, 1.82) is 0 Å². The van der Waals surface area contributed by atoms with Gasteiger partial charge in [0.05, 0.1) is 9.79 Å². The van der Waals surface area contributed by atoms with Gasteiger partial charge >= 0.3 is 28.7 Å². The predicted molar refractivity (Wildman–Crippen MR) is 119 cm³/mol. The molecule has 0 fully saturated rings. The van der Waals surface area contributed by atoms with E-state index in [1.165, 1.54) is 31.1 Å². The molecule has 2 rings (SSSR count). The van der Waals surface area contributed by atoms with E-state index in [0.29, 0.717) is 11.5 Å². The molecule has 0 atom stereocenters. The fourth-order valence-electron chi connectivity index (χ4n) is 2.91. The summed E-state index contributed by atoms with van der Waals surface area (Å²) in [4.78, 5) is 1.57. The molecule has 0 unspecified atom stereocenters. The number of phenolic OH excluding ortho intramolecular Hbond substituents is 2. The van der Waals surface area contributed by atoms with Crippen LogP contribution in [-0.4, -0.2) is 10.2 Å². The summed E-state index contributed by atoms with van der Waals surface area (Å²) in [6.45, 7) is 16.6. The van der Waals surface area contributed by atoms with Crippen molar-refractivity contribution in [3.63, 3.8) is 0 Å². The first-order valence-corrected chi connectivity index (χ1v) is 11.8. The summed E-state index contributed by atoms with van der Waals surface area (Å²) in [5.41, 5.74) is 3.78. The van der Waals surface area contributed by atoms with Crippen LogP contribution in [0.15, 0.2) is 34.1 Å². The van der Waals surface area contributed by atoms with Crippen LogP contribution in [0, 0.1) is 21.3 Å². The standard InChI is InChI=1S/C22H30O2S.CH3.ClH.Ti/c1-13-9-15(21(3,4)5)19(23)17(11-13)25-18-12-14(2)10-16(20(18)24)22(6,7)8;;;/h9-12,23-24H,1-8H3;1H3;1H;/q;-1;;+2/p-1. The van der Waals surface area contributed by atoms with Crippen LogP contribution >= 0.6 is 21.1 Å². The first kappa shape index (κ1) is 27.4. The Morgan fingerprint density at radius 2 is 1.00 bits per heavy atom. The Bertz CT molecular complexity index is 738. The van der Waals surface area contributed by atoms with Crippen LogP contribution < -0.4 is 0 Å². The summed E-state index contributed by atoms with van der Waals surface area (Å²) in [7, 11) is 4.64. The molecule has 0 saturated carbocycles. The Kier molecular flexibility index (Phi) is 10.2. The fourth-order valence-corrected chi connectivity index (χ4v) is 4.05. The van der Waals surface area contributed by atoms with Crippen molar-refractivity contribution in [3.05, 3.63) is 53.9 Å². The molecule has 2 aromatic rings. The minimum atomic E-state index is -0.142. The Balaban J connectivity index is 0.00000235. The number of aryl methyl sites for hydroxylation is 2. The normalized spacial score (nSPS) is 11.3. The maximum atomic E-state index is 10.8. The summed E-state index contributed by atoms with van der Waals surface area (Å²) in [6.07, 6.45) is 0. The quantitative estimate of drug-likeness (QED) is 0.361. The number of hydrogen-bond acceptors (Lipinski definition) is 3. The van der Waals surface area contributed by atoms with Gasteiger partial charge in [0, 0.05) is 11.1 Å². The average molecular weight is 457 g/mol. The van der Waals surface area contributed by atoms with Crippen molar-refractivity contribution in [3.8, 4) is 11.5 Å². The van der Waals surface area contributed by atoms with Gasteiger partial charge in [-0.3, -0.25) is 0 Å². The van der Waals surface area contributed by atoms with E-state index in [0.717, 1.165) is 32.0 Å². The molecule has 5 heteroatoms. The van der Waals surface area contributed by atoms with E-state index in [4.69, 9.17) is 0 Å². The molecule has 0 aliphatic heterocycles. The topological polar surface area (TPSA) is 40.5 Å². The third kappa shape index (κ3) is 6.73. The third-order valence-corrected chi connectivity index (χ3v) is 5.34. The van der Waals surface area contributed by atoms with Gasteiger partial charge in [-0.25, -0.2) is 0 Å². The number of hydrogen-bond donors (Lipinski definition) is 2. The molecule has 0 radical (unpaired) electrons. The number of phenols is 2. The van der Waals surface area contributed by atoms with E-state index in [1.54, 1.807) is 0 Å². The second-order valence-electron chi connectivity index (χ2n) is 8.92.